The SMILES string of the molecule is NCC1CCC(CNc2cc(NCc3ccccc3OC(F)(F)F)ncc2N(O)O)CC1. The zero-order chi connectivity index (χ0) is 23.1. The van der Waals surface area contributed by atoms with Gasteiger partial charge in [-0.2, -0.15) is 0 Å². The molecule has 0 radical (unpaired) electrons. The molecule has 0 atom stereocenters. The highest BCUT2D eigenvalue weighted by atomic mass is 19.4. The number of anilines is 3. The number of benzene rings is 1. The van der Waals surface area contributed by atoms with E-state index in [1.165, 1.54) is 24.4 Å². The fraction of sp³-hybridized carbons (Fsp3) is 0.476. The Morgan fingerprint density at radius 1 is 1.09 bits per heavy atom. The first-order valence-corrected chi connectivity index (χ1v) is 10.4. The van der Waals surface area contributed by atoms with E-state index in [4.69, 9.17) is 5.73 Å². The van der Waals surface area contributed by atoms with Gasteiger partial charge in [-0.05, 0) is 50.1 Å². The van der Waals surface area contributed by atoms with Crippen molar-refractivity contribution in [3.8, 4) is 5.75 Å². The summed E-state index contributed by atoms with van der Waals surface area (Å²) in [5, 5.41) is 25.2. The summed E-state index contributed by atoms with van der Waals surface area (Å²) in [4.78, 5) is 4.11. The molecule has 32 heavy (non-hydrogen) atoms. The molecule has 1 aromatic carbocycles. The monoisotopic (exact) mass is 455 g/mol. The van der Waals surface area contributed by atoms with Crippen molar-refractivity contribution < 1.29 is 28.3 Å². The molecule has 6 N–H and O–H groups in total. The third kappa shape index (κ3) is 6.87. The first-order chi connectivity index (χ1) is 15.2. The largest absolute Gasteiger partial charge is 0.573 e. The topological polar surface area (TPSA) is 116 Å². The van der Waals surface area contributed by atoms with Gasteiger partial charge in [-0.15, -0.1) is 18.4 Å². The molecule has 0 spiro atoms. The van der Waals surface area contributed by atoms with Crippen LogP contribution in [-0.4, -0.2) is 34.9 Å². The van der Waals surface area contributed by atoms with E-state index in [-0.39, 0.29) is 23.2 Å². The van der Waals surface area contributed by atoms with Crippen LogP contribution >= 0.6 is 0 Å². The summed E-state index contributed by atoms with van der Waals surface area (Å²) < 4.78 is 41.9. The summed E-state index contributed by atoms with van der Waals surface area (Å²) in [6.45, 7) is 1.37. The average molecular weight is 455 g/mol. The zero-order valence-electron chi connectivity index (χ0n) is 17.5. The van der Waals surface area contributed by atoms with Crippen LogP contribution in [0.4, 0.5) is 30.4 Å². The summed E-state index contributed by atoms with van der Waals surface area (Å²) in [5.74, 6) is 1.06. The van der Waals surface area contributed by atoms with Crippen LogP contribution in [0.3, 0.4) is 0 Å². The summed E-state index contributed by atoms with van der Waals surface area (Å²) >= 11 is 0. The van der Waals surface area contributed by atoms with Crippen molar-refractivity contribution in [3.05, 3.63) is 42.1 Å². The van der Waals surface area contributed by atoms with E-state index in [1.807, 2.05) is 0 Å². The average Bonchev–Trinajstić information content (AvgIpc) is 2.76. The van der Waals surface area contributed by atoms with Gasteiger partial charge in [-0.25, -0.2) is 4.98 Å². The van der Waals surface area contributed by atoms with Crippen molar-refractivity contribution in [3.63, 3.8) is 0 Å². The van der Waals surface area contributed by atoms with Crippen LogP contribution in [0.25, 0.3) is 0 Å². The van der Waals surface area contributed by atoms with Gasteiger partial charge in [-0.1, -0.05) is 18.2 Å². The van der Waals surface area contributed by atoms with Gasteiger partial charge in [0, 0.05) is 24.7 Å². The van der Waals surface area contributed by atoms with Gasteiger partial charge in [-0.3, -0.25) is 10.4 Å². The summed E-state index contributed by atoms with van der Waals surface area (Å²) in [5.41, 5.74) is 6.54. The number of ether oxygens (including phenoxy) is 1. The molecule has 1 fully saturated rings. The Morgan fingerprint density at radius 3 is 2.44 bits per heavy atom. The van der Waals surface area contributed by atoms with Crippen LogP contribution in [0.15, 0.2) is 36.5 Å². The normalized spacial score (nSPS) is 18.8. The fourth-order valence-electron chi connectivity index (χ4n) is 3.83. The summed E-state index contributed by atoms with van der Waals surface area (Å²) in [6, 6.07) is 7.40. The van der Waals surface area contributed by atoms with Crippen molar-refractivity contribution >= 4 is 17.2 Å². The van der Waals surface area contributed by atoms with Gasteiger partial charge in [0.25, 0.3) is 0 Å². The van der Waals surface area contributed by atoms with Crippen LogP contribution in [0.2, 0.25) is 0 Å². The highest BCUT2D eigenvalue weighted by Gasteiger charge is 2.32. The quantitative estimate of drug-likeness (QED) is 0.355. The van der Waals surface area contributed by atoms with Gasteiger partial charge in [0.15, 0.2) is 0 Å². The molecule has 0 bridgehead atoms. The molecule has 1 aliphatic carbocycles. The number of hydrogen-bond donors (Lipinski definition) is 5. The smallest absolute Gasteiger partial charge is 0.405 e. The number of para-hydroxylation sites is 1. The van der Waals surface area contributed by atoms with E-state index in [0.717, 1.165) is 25.7 Å². The molecular formula is C21H28F3N5O3. The maximum Gasteiger partial charge on any atom is 0.573 e. The third-order valence-corrected chi connectivity index (χ3v) is 5.64. The second-order valence-corrected chi connectivity index (χ2v) is 7.89. The minimum atomic E-state index is -4.79. The molecule has 1 saturated carbocycles. The molecule has 1 aliphatic rings. The maximum atomic E-state index is 12.6. The lowest BCUT2D eigenvalue weighted by Gasteiger charge is -2.28. The summed E-state index contributed by atoms with van der Waals surface area (Å²) in [6.07, 6.45) is 0.696. The number of nitrogens with two attached hydrogens (primary N) is 1. The molecule has 1 aromatic heterocycles. The number of pyridine rings is 1. The molecule has 8 nitrogen and oxygen atoms in total. The van der Waals surface area contributed by atoms with Crippen molar-refractivity contribution in [2.24, 2.45) is 17.6 Å². The number of nitrogens with one attached hydrogen (secondary N) is 2. The highest BCUT2D eigenvalue weighted by molar-refractivity contribution is 5.70. The van der Waals surface area contributed by atoms with Gasteiger partial charge in [0.2, 0.25) is 0 Å². The first-order valence-electron chi connectivity index (χ1n) is 10.4. The molecule has 176 valence electrons. The number of aromatic nitrogens is 1. The van der Waals surface area contributed by atoms with Crippen LogP contribution in [0, 0.1) is 11.8 Å². The van der Waals surface area contributed by atoms with Crippen LogP contribution in [0.5, 0.6) is 5.75 Å². The Bertz CT molecular complexity index is 874. The lowest BCUT2D eigenvalue weighted by atomic mass is 9.82. The second-order valence-electron chi connectivity index (χ2n) is 7.89. The molecule has 0 unspecified atom stereocenters. The molecule has 0 aliphatic heterocycles. The first kappa shape index (κ1) is 23.9. The number of hydrogen-bond acceptors (Lipinski definition) is 8. The van der Waals surface area contributed by atoms with E-state index in [1.54, 1.807) is 12.1 Å². The molecule has 0 amide bonds. The third-order valence-electron chi connectivity index (χ3n) is 5.64. The predicted octanol–water partition coefficient (Wildman–Crippen LogP) is 4.35. The number of nitrogens with zero attached hydrogens (tertiary/aromatic N) is 2. The summed E-state index contributed by atoms with van der Waals surface area (Å²) in [7, 11) is 0. The second kappa shape index (κ2) is 10.7. The minimum Gasteiger partial charge on any atom is -0.405 e. The highest BCUT2D eigenvalue weighted by Crippen LogP contribution is 2.31. The van der Waals surface area contributed by atoms with Gasteiger partial charge in [0.05, 0.1) is 11.9 Å². The van der Waals surface area contributed by atoms with E-state index in [2.05, 4.69) is 20.4 Å². The van der Waals surface area contributed by atoms with Gasteiger partial charge >= 0.3 is 6.36 Å². The lowest BCUT2D eigenvalue weighted by Crippen LogP contribution is -2.25. The standard InChI is InChI=1S/C21H28F3N5O3/c22-21(23,24)32-19-4-2-1-3-16(19)12-27-20-9-17(18(13-28-20)29(30)31)26-11-15-7-5-14(10-25)6-8-15/h1-4,9,13-15,30-31H,5-8,10-12,25H2,(H2,26,27,28). The van der Waals surface area contributed by atoms with E-state index in [9.17, 15) is 23.6 Å². The van der Waals surface area contributed by atoms with Crippen molar-refractivity contribution in [1.29, 1.82) is 0 Å². The van der Waals surface area contributed by atoms with Gasteiger partial charge < -0.3 is 21.1 Å². The zero-order valence-corrected chi connectivity index (χ0v) is 17.5. The molecule has 2 aromatic rings. The molecule has 1 heterocycles. The van der Waals surface area contributed by atoms with Crippen LogP contribution in [-0.2, 0) is 6.54 Å². The lowest BCUT2D eigenvalue weighted by molar-refractivity contribution is -0.274. The number of halogens is 3. The Balaban J connectivity index is 1.66. The maximum absolute atomic E-state index is 12.6. The Kier molecular flexibility index (Phi) is 7.99. The molecule has 11 heteroatoms. The predicted molar refractivity (Wildman–Crippen MR) is 114 cm³/mol. The minimum absolute atomic E-state index is 0.0170. The molecular weight excluding hydrogens is 427 g/mol. The Labute approximate surface area is 184 Å². The van der Waals surface area contributed by atoms with Crippen LogP contribution in [0.1, 0.15) is 31.2 Å². The number of alkyl halides is 3. The van der Waals surface area contributed by atoms with E-state index < -0.39 is 6.36 Å². The Hall–Kier alpha value is -2.76. The van der Waals surface area contributed by atoms with Crippen molar-refractivity contribution in [1.82, 2.24) is 4.98 Å². The molecule has 3 rings (SSSR count). The fourth-order valence-corrected chi connectivity index (χ4v) is 3.83. The Morgan fingerprint density at radius 2 is 1.78 bits per heavy atom. The van der Waals surface area contributed by atoms with Crippen molar-refractivity contribution in [2.45, 2.75) is 38.6 Å². The van der Waals surface area contributed by atoms with Crippen molar-refractivity contribution in [2.75, 3.05) is 28.9 Å². The van der Waals surface area contributed by atoms with Crippen LogP contribution < -0.4 is 26.3 Å². The van der Waals surface area contributed by atoms with E-state index >= 15 is 0 Å². The number of rotatable bonds is 9. The van der Waals surface area contributed by atoms with E-state index in [0.29, 0.717) is 42.0 Å². The van der Waals surface area contributed by atoms with Gasteiger partial charge in [0.1, 0.15) is 17.3 Å². The molecule has 0 saturated heterocycles.